The molecule has 0 aliphatic heterocycles. The molecule has 0 fully saturated rings. The monoisotopic (exact) mass is 398 g/mol. The molecule has 24 heavy (non-hydrogen) atoms. The van der Waals surface area contributed by atoms with Gasteiger partial charge in [-0.3, -0.25) is 0 Å². The number of aromatic nitrogens is 1. The third-order valence-electron chi connectivity index (χ3n) is 2.81. The lowest BCUT2D eigenvalue weighted by atomic mass is 10.3. The van der Waals surface area contributed by atoms with Gasteiger partial charge >= 0.3 is 6.18 Å². The number of sulfonamides is 1. The maximum atomic E-state index is 12.5. The van der Waals surface area contributed by atoms with Gasteiger partial charge in [-0.15, -0.1) is 3.77 Å². The van der Waals surface area contributed by atoms with E-state index in [0.717, 1.165) is 12.3 Å². The van der Waals surface area contributed by atoms with E-state index in [1.807, 2.05) is 0 Å². The van der Waals surface area contributed by atoms with Crippen LogP contribution in [0.5, 0.6) is 0 Å². The van der Waals surface area contributed by atoms with E-state index in [1.54, 1.807) is 0 Å². The Balaban J connectivity index is 2.52. The van der Waals surface area contributed by atoms with Gasteiger partial charge in [0.15, 0.2) is 0 Å². The van der Waals surface area contributed by atoms with Gasteiger partial charge in [-0.25, -0.2) is 9.19 Å². The van der Waals surface area contributed by atoms with Gasteiger partial charge in [0.2, 0.25) is 0 Å². The smallest absolute Gasteiger partial charge is 0.246 e. The van der Waals surface area contributed by atoms with Crippen molar-refractivity contribution in [2.45, 2.75) is 16.1 Å². The topological polar surface area (TPSA) is 76.5 Å². The Bertz CT molecular complexity index is 980. The molecule has 0 spiro atoms. The lowest BCUT2D eigenvalue weighted by Crippen LogP contribution is -2.09. The lowest BCUT2D eigenvalue weighted by Gasteiger charge is -2.08. The Labute approximate surface area is 141 Å². The summed E-state index contributed by atoms with van der Waals surface area (Å²) >= 11 is 5.78. The van der Waals surface area contributed by atoms with E-state index in [9.17, 15) is 25.8 Å². The Morgan fingerprint density at radius 2 is 1.71 bits per heavy atom. The van der Waals surface area contributed by atoms with Crippen LogP contribution in [0, 0.1) is 0 Å². The molecule has 1 aromatic carbocycles. The van der Waals surface area contributed by atoms with Crippen LogP contribution in [0.15, 0.2) is 56.3 Å². The van der Waals surface area contributed by atoms with E-state index in [0.29, 0.717) is 12.3 Å². The fraction of sp³-hybridized carbons (Fsp3) is 0.154. The predicted octanol–water partition coefficient (Wildman–Crippen LogP) is 3.60. The predicted molar refractivity (Wildman–Crippen MR) is 82.6 cm³/mol. The molecule has 0 bridgehead atoms. The molecular weight excluding hydrogens is 389 g/mol. The molecule has 1 aromatic heterocycles. The average molecular weight is 399 g/mol. The summed E-state index contributed by atoms with van der Waals surface area (Å²) in [6.07, 6.45) is -3.17. The quantitative estimate of drug-likeness (QED) is 0.791. The fourth-order valence-electron chi connectivity index (χ4n) is 1.69. The molecule has 2 aromatic rings. The molecular formula is C13H10ClF3N2O3S2. The van der Waals surface area contributed by atoms with Crippen molar-refractivity contribution < 1.29 is 25.8 Å². The highest BCUT2D eigenvalue weighted by molar-refractivity contribution is 8.03. The third kappa shape index (κ3) is 4.05. The van der Waals surface area contributed by atoms with Gasteiger partial charge in [0.1, 0.15) is 19.7 Å². The average Bonchev–Trinajstić information content (AvgIpc) is 2.45. The van der Waals surface area contributed by atoms with Crippen LogP contribution in [0.4, 0.5) is 13.2 Å². The highest BCUT2D eigenvalue weighted by Crippen LogP contribution is 2.29. The van der Waals surface area contributed by atoms with Crippen LogP contribution >= 0.6 is 11.6 Å². The summed E-state index contributed by atoms with van der Waals surface area (Å²) in [5.41, 5.74) is -1.05. The van der Waals surface area contributed by atoms with Crippen LogP contribution in [0.25, 0.3) is 0 Å². The van der Waals surface area contributed by atoms with E-state index in [-0.39, 0.29) is 14.9 Å². The highest BCUT2D eigenvalue weighted by atomic mass is 35.5. The maximum absolute atomic E-state index is 12.5. The van der Waals surface area contributed by atoms with E-state index in [4.69, 9.17) is 11.6 Å². The number of rotatable bonds is 3. The van der Waals surface area contributed by atoms with Crippen molar-refractivity contribution in [3.63, 3.8) is 0 Å². The minimum Gasteiger partial charge on any atom is -0.246 e. The number of hydrogen-bond acceptors (Lipinski definition) is 4. The minimum atomic E-state index is -4.61. The number of alkyl halides is 3. The van der Waals surface area contributed by atoms with Crippen molar-refractivity contribution in [3.05, 3.63) is 53.2 Å². The van der Waals surface area contributed by atoms with Gasteiger partial charge < -0.3 is 0 Å². The maximum Gasteiger partial charge on any atom is 0.417 e. The summed E-state index contributed by atoms with van der Waals surface area (Å²) in [7, 11) is -7.98. The minimum absolute atomic E-state index is 0.114. The summed E-state index contributed by atoms with van der Waals surface area (Å²) in [4.78, 5) is 3.08. The number of benzene rings is 1. The number of halogens is 4. The first-order chi connectivity index (χ1) is 10.9. The van der Waals surface area contributed by atoms with Gasteiger partial charge in [0, 0.05) is 12.5 Å². The molecule has 1 atom stereocenters. The van der Waals surface area contributed by atoms with Gasteiger partial charge in [-0.1, -0.05) is 23.7 Å². The zero-order valence-electron chi connectivity index (χ0n) is 12.0. The van der Waals surface area contributed by atoms with Crippen molar-refractivity contribution in [3.8, 4) is 0 Å². The Kier molecular flexibility index (Phi) is 4.93. The van der Waals surface area contributed by atoms with Crippen LogP contribution in [0.2, 0.25) is 5.02 Å². The molecule has 11 heteroatoms. The first kappa shape index (κ1) is 18.7. The van der Waals surface area contributed by atoms with Crippen molar-refractivity contribution in [1.29, 1.82) is 0 Å². The van der Waals surface area contributed by atoms with Crippen molar-refractivity contribution in [1.82, 2.24) is 4.98 Å². The van der Waals surface area contributed by atoms with E-state index in [2.05, 4.69) is 8.75 Å². The van der Waals surface area contributed by atoms with Gasteiger partial charge in [-0.2, -0.15) is 21.6 Å². The summed E-state index contributed by atoms with van der Waals surface area (Å²) in [5.74, 6) is 0. The van der Waals surface area contributed by atoms with Crippen LogP contribution in [-0.4, -0.2) is 23.9 Å². The highest BCUT2D eigenvalue weighted by Gasteiger charge is 2.31. The lowest BCUT2D eigenvalue weighted by molar-refractivity contribution is -0.137. The van der Waals surface area contributed by atoms with Crippen molar-refractivity contribution in [2.24, 2.45) is 3.77 Å². The molecule has 0 radical (unpaired) electrons. The third-order valence-corrected chi connectivity index (χ3v) is 7.10. The zero-order valence-corrected chi connectivity index (χ0v) is 14.4. The van der Waals surface area contributed by atoms with E-state index < -0.39 is 31.5 Å². The normalized spacial score (nSPS) is 14.9. The van der Waals surface area contributed by atoms with Gasteiger partial charge in [0.05, 0.1) is 10.6 Å². The Morgan fingerprint density at radius 1 is 1.08 bits per heavy atom. The van der Waals surface area contributed by atoms with Crippen LogP contribution in [0.1, 0.15) is 5.56 Å². The number of nitrogens with zero attached hydrogens (tertiary/aromatic N) is 2. The molecule has 130 valence electrons. The molecule has 0 saturated carbocycles. The molecule has 0 amide bonds. The largest absolute Gasteiger partial charge is 0.417 e. The molecule has 5 nitrogen and oxygen atoms in total. The van der Waals surface area contributed by atoms with Crippen LogP contribution in [-0.2, 0) is 25.9 Å². The SMILES string of the molecule is C[S@](=O)(=NS(=O)(=O)c1ccccc1Cl)c1ccc(C(F)(F)F)cn1. The second-order valence-corrected chi connectivity index (χ2v) is 9.08. The van der Waals surface area contributed by atoms with E-state index >= 15 is 0 Å². The van der Waals surface area contributed by atoms with Gasteiger partial charge in [0.25, 0.3) is 10.0 Å². The molecule has 0 N–H and O–H groups in total. The van der Waals surface area contributed by atoms with Crippen molar-refractivity contribution >= 4 is 31.4 Å². The Morgan fingerprint density at radius 3 is 2.21 bits per heavy atom. The molecule has 2 rings (SSSR count). The summed E-state index contributed by atoms with van der Waals surface area (Å²) in [5, 5.41) is -0.497. The Hall–Kier alpha value is -1.65. The number of pyridine rings is 1. The second kappa shape index (κ2) is 6.34. The summed E-state index contributed by atoms with van der Waals surface area (Å²) in [6, 6.07) is 6.89. The van der Waals surface area contributed by atoms with Crippen LogP contribution in [0.3, 0.4) is 0 Å². The summed E-state index contributed by atoms with van der Waals surface area (Å²) < 4.78 is 77.8. The van der Waals surface area contributed by atoms with E-state index in [1.165, 1.54) is 24.3 Å². The molecule has 0 aliphatic rings. The fourth-order valence-corrected chi connectivity index (χ4v) is 5.38. The summed E-state index contributed by atoms with van der Waals surface area (Å²) in [6.45, 7) is 0. The molecule has 0 aliphatic carbocycles. The van der Waals surface area contributed by atoms with Crippen LogP contribution < -0.4 is 0 Å². The molecule has 0 unspecified atom stereocenters. The van der Waals surface area contributed by atoms with Gasteiger partial charge in [-0.05, 0) is 24.3 Å². The second-order valence-electron chi connectivity index (χ2n) is 4.67. The first-order valence-corrected chi connectivity index (χ1v) is 9.94. The zero-order chi connectivity index (χ0) is 18.2. The van der Waals surface area contributed by atoms with Crippen molar-refractivity contribution in [2.75, 3.05) is 6.26 Å². The first-order valence-electron chi connectivity index (χ1n) is 6.20. The molecule has 0 saturated heterocycles. The standard InChI is InChI=1S/C13H10ClF3N2O3S2/c1-23(20,12-7-6-9(8-18-12)13(15,16)17)19-24(21,22)11-5-3-2-4-10(11)14/h2-8H,1H3/t23-/m1/s1. The molecule has 1 heterocycles. The number of hydrogen-bond donors (Lipinski definition) is 0.